The third kappa shape index (κ3) is 3.90. The van der Waals surface area contributed by atoms with Gasteiger partial charge in [-0.2, -0.15) is 0 Å². The molecule has 1 aliphatic rings. The molecule has 3 aromatic rings. The summed E-state index contributed by atoms with van der Waals surface area (Å²) >= 11 is 0. The van der Waals surface area contributed by atoms with Crippen molar-refractivity contribution in [3.05, 3.63) is 58.6 Å². The molecule has 8 nitrogen and oxygen atoms in total. The molecule has 1 saturated heterocycles. The molecule has 0 amide bonds. The van der Waals surface area contributed by atoms with Crippen molar-refractivity contribution < 1.29 is 17.6 Å². The van der Waals surface area contributed by atoms with Crippen molar-refractivity contribution in [2.45, 2.75) is 11.4 Å². The topological polar surface area (TPSA) is 105 Å². The normalized spacial score (nSPS) is 15.3. The molecule has 2 aromatic carbocycles. The Kier molecular flexibility index (Phi) is 4.73. The third-order valence-corrected chi connectivity index (χ3v) is 5.88. The number of H-pyrrole nitrogens is 1. The van der Waals surface area contributed by atoms with E-state index in [0.29, 0.717) is 18.7 Å². The van der Waals surface area contributed by atoms with Gasteiger partial charge in [0.1, 0.15) is 0 Å². The first kappa shape index (κ1) is 17.8. The second-order valence-electron chi connectivity index (χ2n) is 6.26. The Morgan fingerprint density at radius 1 is 1.07 bits per heavy atom. The second kappa shape index (κ2) is 7.18. The molecule has 9 heteroatoms. The fourth-order valence-corrected chi connectivity index (χ4v) is 4.03. The number of hydrogen-bond acceptors (Lipinski definition) is 6. The standard InChI is InChI=1S/C18H19N3O5S/c22-18-20-16-6-5-15(11-17(16)26-18)27(23,24)19-12-13-1-3-14(4-2-13)21-7-9-25-10-8-21/h1-6,11,19H,7-10,12H2,(H,20,22). The number of morpholine rings is 1. The monoisotopic (exact) mass is 389 g/mol. The Bertz CT molecular complexity index is 1100. The molecule has 0 unspecified atom stereocenters. The molecule has 4 rings (SSSR count). The molecular weight excluding hydrogens is 370 g/mol. The number of aromatic nitrogens is 1. The van der Waals surface area contributed by atoms with E-state index in [9.17, 15) is 13.2 Å². The number of aromatic amines is 1. The maximum absolute atomic E-state index is 12.5. The van der Waals surface area contributed by atoms with Gasteiger partial charge in [-0.25, -0.2) is 17.9 Å². The van der Waals surface area contributed by atoms with Crippen LogP contribution in [0.5, 0.6) is 0 Å². The van der Waals surface area contributed by atoms with Crippen molar-refractivity contribution >= 4 is 26.8 Å². The number of sulfonamides is 1. The molecular formula is C18H19N3O5S. The van der Waals surface area contributed by atoms with Crippen LogP contribution >= 0.6 is 0 Å². The molecule has 0 saturated carbocycles. The zero-order chi connectivity index (χ0) is 18.9. The van der Waals surface area contributed by atoms with Crippen LogP contribution in [-0.2, 0) is 21.3 Å². The number of fused-ring (bicyclic) bond motifs is 1. The lowest BCUT2D eigenvalue weighted by Gasteiger charge is -2.28. The fourth-order valence-electron chi connectivity index (χ4n) is 3.00. The summed E-state index contributed by atoms with van der Waals surface area (Å²) in [6.45, 7) is 3.30. The summed E-state index contributed by atoms with van der Waals surface area (Å²) in [7, 11) is -3.72. The second-order valence-corrected chi connectivity index (χ2v) is 8.03. The first-order chi connectivity index (χ1) is 13.0. The van der Waals surface area contributed by atoms with E-state index in [0.717, 1.165) is 24.3 Å². The average molecular weight is 389 g/mol. The van der Waals surface area contributed by atoms with Gasteiger partial charge in [0, 0.05) is 31.4 Å². The van der Waals surface area contributed by atoms with Gasteiger partial charge in [0.25, 0.3) is 0 Å². The van der Waals surface area contributed by atoms with E-state index in [-0.39, 0.29) is 17.0 Å². The Morgan fingerprint density at radius 2 is 1.81 bits per heavy atom. The van der Waals surface area contributed by atoms with Crippen LogP contribution in [0.2, 0.25) is 0 Å². The molecule has 0 aliphatic carbocycles. The van der Waals surface area contributed by atoms with Crippen LogP contribution in [0.25, 0.3) is 11.1 Å². The van der Waals surface area contributed by atoms with E-state index in [1.807, 2.05) is 24.3 Å². The van der Waals surface area contributed by atoms with E-state index in [2.05, 4.69) is 14.6 Å². The van der Waals surface area contributed by atoms with Crippen molar-refractivity contribution in [1.29, 1.82) is 0 Å². The van der Waals surface area contributed by atoms with Crippen molar-refractivity contribution in [3.8, 4) is 0 Å². The first-order valence-electron chi connectivity index (χ1n) is 8.55. The van der Waals surface area contributed by atoms with Crippen LogP contribution in [-0.4, -0.2) is 39.7 Å². The molecule has 1 fully saturated rings. The summed E-state index contributed by atoms with van der Waals surface area (Å²) in [6.07, 6.45) is 0. The molecule has 0 atom stereocenters. The zero-order valence-electron chi connectivity index (χ0n) is 14.5. The summed E-state index contributed by atoms with van der Waals surface area (Å²) in [5, 5.41) is 0. The van der Waals surface area contributed by atoms with E-state index in [4.69, 9.17) is 9.15 Å². The van der Waals surface area contributed by atoms with Gasteiger partial charge in [-0.3, -0.25) is 4.98 Å². The van der Waals surface area contributed by atoms with Crippen molar-refractivity contribution in [1.82, 2.24) is 9.71 Å². The van der Waals surface area contributed by atoms with Crippen molar-refractivity contribution in [2.75, 3.05) is 31.2 Å². The minimum atomic E-state index is -3.72. The maximum atomic E-state index is 12.5. The van der Waals surface area contributed by atoms with E-state index >= 15 is 0 Å². The molecule has 2 heterocycles. The Hall–Kier alpha value is -2.62. The van der Waals surface area contributed by atoms with Crippen molar-refractivity contribution in [2.24, 2.45) is 0 Å². The summed E-state index contributed by atoms with van der Waals surface area (Å²) < 4.78 is 37.9. The van der Waals surface area contributed by atoms with Gasteiger partial charge in [-0.1, -0.05) is 12.1 Å². The molecule has 2 N–H and O–H groups in total. The minimum absolute atomic E-state index is 0.0442. The molecule has 0 bridgehead atoms. The van der Waals surface area contributed by atoms with E-state index in [1.165, 1.54) is 18.2 Å². The predicted octanol–water partition coefficient (Wildman–Crippen LogP) is 1.44. The van der Waals surface area contributed by atoms with E-state index in [1.54, 1.807) is 0 Å². The Labute approximate surface area is 155 Å². The third-order valence-electron chi connectivity index (χ3n) is 4.48. The molecule has 0 radical (unpaired) electrons. The van der Waals surface area contributed by atoms with Gasteiger partial charge in [0.05, 0.1) is 23.6 Å². The Morgan fingerprint density at radius 3 is 2.56 bits per heavy atom. The lowest BCUT2D eigenvalue weighted by atomic mass is 10.2. The number of hydrogen-bond donors (Lipinski definition) is 2. The van der Waals surface area contributed by atoms with Crippen LogP contribution < -0.4 is 15.4 Å². The van der Waals surface area contributed by atoms with Crippen LogP contribution in [0.3, 0.4) is 0 Å². The molecule has 27 heavy (non-hydrogen) atoms. The highest BCUT2D eigenvalue weighted by molar-refractivity contribution is 7.89. The highest BCUT2D eigenvalue weighted by atomic mass is 32.2. The fraction of sp³-hybridized carbons (Fsp3) is 0.278. The maximum Gasteiger partial charge on any atom is 0.417 e. The van der Waals surface area contributed by atoms with Gasteiger partial charge in [0.15, 0.2) is 5.58 Å². The quantitative estimate of drug-likeness (QED) is 0.684. The molecule has 1 aliphatic heterocycles. The summed E-state index contributed by atoms with van der Waals surface area (Å²) in [4.78, 5) is 16.0. The van der Waals surface area contributed by atoms with Gasteiger partial charge in [-0.15, -0.1) is 0 Å². The number of nitrogens with zero attached hydrogens (tertiary/aromatic N) is 1. The number of ether oxygens (including phenoxy) is 1. The van der Waals surface area contributed by atoms with Gasteiger partial charge >= 0.3 is 5.76 Å². The number of benzene rings is 2. The summed E-state index contributed by atoms with van der Waals surface area (Å²) in [6, 6.07) is 12.0. The summed E-state index contributed by atoms with van der Waals surface area (Å²) in [5.41, 5.74) is 2.61. The van der Waals surface area contributed by atoms with Gasteiger partial charge < -0.3 is 14.1 Å². The van der Waals surface area contributed by atoms with Crippen LogP contribution in [0.1, 0.15) is 5.56 Å². The predicted molar refractivity (Wildman–Crippen MR) is 100 cm³/mol. The largest absolute Gasteiger partial charge is 0.417 e. The molecule has 0 spiro atoms. The summed E-state index contributed by atoms with van der Waals surface area (Å²) in [5.74, 6) is -0.618. The van der Waals surface area contributed by atoms with Gasteiger partial charge in [-0.05, 0) is 29.8 Å². The lowest BCUT2D eigenvalue weighted by molar-refractivity contribution is 0.122. The van der Waals surface area contributed by atoms with E-state index < -0.39 is 15.8 Å². The molecule has 142 valence electrons. The SMILES string of the molecule is O=c1[nH]c2ccc(S(=O)(=O)NCc3ccc(N4CCOCC4)cc3)cc2o1. The minimum Gasteiger partial charge on any atom is -0.408 e. The van der Waals surface area contributed by atoms with Crippen molar-refractivity contribution in [3.63, 3.8) is 0 Å². The smallest absolute Gasteiger partial charge is 0.408 e. The Balaban J connectivity index is 1.45. The highest BCUT2D eigenvalue weighted by Crippen LogP contribution is 2.19. The highest BCUT2D eigenvalue weighted by Gasteiger charge is 2.16. The zero-order valence-corrected chi connectivity index (χ0v) is 15.3. The number of anilines is 1. The first-order valence-corrected chi connectivity index (χ1v) is 10.0. The number of oxazole rings is 1. The van der Waals surface area contributed by atoms with Crippen LogP contribution in [0, 0.1) is 0 Å². The number of nitrogens with one attached hydrogen (secondary N) is 2. The average Bonchev–Trinajstić information content (AvgIpc) is 3.07. The van der Waals surface area contributed by atoms with Crippen LogP contribution in [0.4, 0.5) is 5.69 Å². The number of rotatable bonds is 5. The lowest BCUT2D eigenvalue weighted by Crippen LogP contribution is -2.36. The molecule has 1 aromatic heterocycles. The van der Waals surface area contributed by atoms with Crippen LogP contribution in [0.15, 0.2) is 56.6 Å². The van der Waals surface area contributed by atoms with Gasteiger partial charge in [0.2, 0.25) is 10.0 Å².